The van der Waals surface area contributed by atoms with Crippen LogP contribution in [0.5, 0.6) is 11.5 Å². The van der Waals surface area contributed by atoms with Crippen molar-refractivity contribution < 1.29 is 9.47 Å². The first kappa shape index (κ1) is 31.9. The summed E-state index contributed by atoms with van der Waals surface area (Å²) in [6, 6.07) is 6.53. The highest BCUT2D eigenvalue weighted by molar-refractivity contribution is 5.41. The Kier molecular flexibility index (Phi) is 18.6. The zero-order chi connectivity index (χ0) is 26.4. The number of ether oxygens (including phenoxy) is 2. The Morgan fingerprint density at radius 1 is 0.649 bits per heavy atom. The molecule has 1 aliphatic rings. The molecule has 0 spiro atoms. The van der Waals surface area contributed by atoms with Crippen LogP contribution in [0.1, 0.15) is 116 Å². The summed E-state index contributed by atoms with van der Waals surface area (Å²) >= 11 is 0. The van der Waals surface area contributed by atoms with Gasteiger partial charge in [0.05, 0.1) is 13.2 Å². The lowest BCUT2D eigenvalue weighted by molar-refractivity contribution is 0.125. The number of benzene rings is 1. The average molecular weight is 518 g/mol. The third-order valence-corrected chi connectivity index (χ3v) is 7.60. The fourth-order valence-corrected chi connectivity index (χ4v) is 5.11. The first-order valence-electron chi connectivity index (χ1n) is 15.8. The molecule has 2 rings (SSSR count). The third kappa shape index (κ3) is 15.0. The second-order valence-corrected chi connectivity index (χ2v) is 11.0. The Bertz CT molecular complexity index is 661. The number of piperazine rings is 1. The monoisotopic (exact) mass is 517 g/mol. The maximum atomic E-state index is 6.37. The minimum Gasteiger partial charge on any atom is -0.493 e. The second-order valence-electron chi connectivity index (χ2n) is 11.0. The number of unbranched alkanes of at least 4 members (excludes halogenated alkanes) is 12. The van der Waals surface area contributed by atoms with Gasteiger partial charge in [0.2, 0.25) is 0 Å². The van der Waals surface area contributed by atoms with E-state index in [9.17, 15) is 0 Å². The number of nitrogens with zero attached hydrogens (tertiary/aromatic N) is 2. The van der Waals surface area contributed by atoms with E-state index >= 15 is 0 Å². The van der Waals surface area contributed by atoms with Crippen LogP contribution < -0.4 is 15.2 Å². The summed E-state index contributed by atoms with van der Waals surface area (Å²) in [7, 11) is 0. The molecule has 0 bridgehead atoms. The molecule has 0 amide bonds. The number of hydrogen-bond acceptors (Lipinski definition) is 5. The maximum absolute atomic E-state index is 6.37. The van der Waals surface area contributed by atoms with Gasteiger partial charge in [0.25, 0.3) is 0 Å². The molecule has 37 heavy (non-hydrogen) atoms. The van der Waals surface area contributed by atoms with Crippen molar-refractivity contribution in [1.82, 2.24) is 9.80 Å². The topological polar surface area (TPSA) is 51.0 Å². The van der Waals surface area contributed by atoms with E-state index in [0.29, 0.717) is 0 Å². The van der Waals surface area contributed by atoms with E-state index in [4.69, 9.17) is 15.2 Å². The average Bonchev–Trinajstić information content (AvgIpc) is 2.92. The Morgan fingerprint density at radius 3 is 1.78 bits per heavy atom. The zero-order valence-electron chi connectivity index (χ0n) is 24.5. The van der Waals surface area contributed by atoms with Gasteiger partial charge in [-0.2, -0.15) is 0 Å². The van der Waals surface area contributed by atoms with Crippen LogP contribution >= 0.6 is 0 Å². The van der Waals surface area contributed by atoms with E-state index in [1.807, 2.05) is 0 Å². The SMILES string of the molecule is CCCCCCCCCOc1ccc(CN2CCN(CCCN)CC2)c(OCCCCCCCCC)c1. The lowest BCUT2D eigenvalue weighted by Gasteiger charge is -2.35. The lowest BCUT2D eigenvalue weighted by Crippen LogP contribution is -2.46. The third-order valence-electron chi connectivity index (χ3n) is 7.60. The molecule has 1 aliphatic heterocycles. The van der Waals surface area contributed by atoms with E-state index in [1.165, 1.54) is 82.6 Å². The van der Waals surface area contributed by atoms with Crippen molar-refractivity contribution >= 4 is 0 Å². The smallest absolute Gasteiger partial charge is 0.127 e. The minimum absolute atomic E-state index is 0.785. The molecule has 1 saturated heterocycles. The quantitative estimate of drug-likeness (QED) is 0.153. The van der Waals surface area contributed by atoms with Crippen LogP contribution in [0.25, 0.3) is 0 Å². The molecular formula is C32H59N3O2. The highest BCUT2D eigenvalue weighted by Gasteiger charge is 2.18. The molecule has 1 aromatic rings. The molecule has 5 heteroatoms. The van der Waals surface area contributed by atoms with Gasteiger partial charge in [-0.3, -0.25) is 4.90 Å². The van der Waals surface area contributed by atoms with Crippen LogP contribution in [-0.4, -0.2) is 62.3 Å². The number of hydrogen-bond donors (Lipinski definition) is 1. The van der Waals surface area contributed by atoms with Gasteiger partial charge >= 0.3 is 0 Å². The summed E-state index contributed by atoms with van der Waals surface area (Å²) in [5.74, 6) is 1.98. The predicted octanol–water partition coefficient (Wildman–Crippen LogP) is 7.41. The Balaban J connectivity index is 1.81. The summed E-state index contributed by atoms with van der Waals surface area (Å²) in [6.45, 7) is 13.5. The van der Waals surface area contributed by atoms with Gasteiger partial charge in [0.15, 0.2) is 0 Å². The highest BCUT2D eigenvalue weighted by Crippen LogP contribution is 2.27. The molecule has 0 radical (unpaired) electrons. The van der Waals surface area contributed by atoms with E-state index in [1.54, 1.807) is 0 Å². The Labute approximate surface area is 229 Å². The maximum Gasteiger partial charge on any atom is 0.127 e. The molecule has 0 aliphatic carbocycles. The van der Waals surface area contributed by atoms with Crippen molar-refractivity contribution in [2.75, 3.05) is 52.5 Å². The van der Waals surface area contributed by atoms with Crippen molar-refractivity contribution in [2.24, 2.45) is 5.73 Å². The fourth-order valence-electron chi connectivity index (χ4n) is 5.11. The molecule has 0 saturated carbocycles. The van der Waals surface area contributed by atoms with Crippen molar-refractivity contribution in [1.29, 1.82) is 0 Å². The summed E-state index contributed by atoms with van der Waals surface area (Å²) in [5.41, 5.74) is 6.99. The molecule has 1 aromatic carbocycles. The van der Waals surface area contributed by atoms with E-state index in [-0.39, 0.29) is 0 Å². The molecule has 214 valence electrons. The van der Waals surface area contributed by atoms with Crippen LogP contribution in [0, 0.1) is 0 Å². The Hall–Kier alpha value is -1.30. The molecule has 1 heterocycles. The molecule has 1 fully saturated rings. The van der Waals surface area contributed by atoms with Gasteiger partial charge in [-0.05, 0) is 38.4 Å². The van der Waals surface area contributed by atoms with E-state index in [0.717, 1.165) is 89.8 Å². The van der Waals surface area contributed by atoms with Crippen molar-refractivity contribution in [3.05, 3.63) is 23.8 Å². The van der Waals surface area contributed by atoms with Crippen molar-refractivity contribution in [3.63, 3.8) is 0 Å². The normalized spacial score (nSPS) is 14.8. The van der Waals surface area contributed by atoms with Crippen molar-refractivity contribution in [3.8, 4) is 11.5 Å². The minimum atomic E-state index is 0.785. The summed E-state index contributed by atoms with van der Waals surface area (Å²) in [5, 5.41) is 0. The van der Waals surface area contributed by atoms with Crippen LogP contribution in [-0.2, 0) is 6.54 Å². The molecule has 2 N–H and O–H groups in total. The lowest BCUT2D eigenvalue weighted by atomic mass is 10.1. The van der Waals surface area contributed by atoms with Crippen LogP contribution in [0.4, 0.5) is 0 Å². The predicted molar refractivity (Wildman–Crippen MR) is 159 cm³/mol. The van der Waals surface area contributed by atoms with Gasteiger partial charge in [0, 0.05) is 44.4 Å². The van der Waals surface area contributed by atoms with Gasteiger partial charge in [-0.25, -0.2) is 0 Å². The standard InChI is InChI=1S/C32H59N3O2/c1-3-5-7-9-11-13-15-26-36-31-19-18-30(29-35-24-22-34(23-25-35)21-17-20-33)32(28-31)37-27-16-14-12-10-8-6-4-2/h18-19,28H,3-17,20-27,29,33H2,1-2H3. The summed E-state index contributed by atoms with van der Waals surface area (Å²) < 4.78 is 12.5. The second kappa shape index (κ2) is 21.6. The van der Waals surface area contributed by atoms with Crippen molar-refractivity contribution in [2.45, 2.75) is 117 Å². The largest absolute Gasteiger partial charge is 0.493 e. The summed E-state index contributed by atoms with van der Waals surface area (Å²) in [6.07, 6.45) is 19.4. The van der Waals surface area contributed by atoms with E-state index in [2.05, 4.69) is 41.8 Å². The van der Waals surface area contributed by atoms with E-state index < -0.39 is 0 Å². The molecule has 5 nitrogen and oxygen atoms in total. The van der Waals surface area contributed by atoms with Gasteiger partial charge < -0.3 is 20.1 Å². The number of nitrogens with two attached hydrogens (primary N) is 1. The molecule has 0 aromatic heterocycles. The summed E-state index contributed by atoms with van der Waals surface area (Å²) in [4.78, 5) is 5.11. The van der Waals surface area contributed by atoms with Crippen LogP contribution in [0.2, 0.25) is 0 Å². The van der Waals surface area contributed by atoms with Crippen LogP contribution in [0.15, 0.2) is 18.2 Å². The van der Waals surface area contributed by atoms with Crippen LogP contribution in [0.3, 0.4) is 0 Å². The fraction of sp³-hybridized carbons (Fsp3) is 0.812. The number of rotatable bonds is 23. The first-order valence-corrected chi connectivity index (χ1v) is 15.8. The molecule has 0 unspecified atom stereocenters. The molecular weight excluding hydrogens is 458 g/mol. The zero-order valence-corrected chi connectivity index (χ0v) is 24.5. The first-order chi connectivity index (χ1) is 18.3. The van der Waals surface area contributed by atoms with Gasteiger partial charge in [-0.15, -0.1) is 0 Å². The highest BCUT2D eigenvalue weighted by atomic mass is 16.5. The van der Waals surface area contributed by atoms with Gasteiger partial charge in [-0.1, -0.05) is 97.0 Å². The van der Waals surface area contributed by atoms with Gasteiger partial charge in [0.1, 0.15) is 11.5 Å². The Morgan fingerprint density at radius 2 is 1.19 bits per heavy atom. The molecule has 0 atom stereocenters.